The SMILES string of the molecule is CC[C@@H](C(=O)NCC(C)C)N(Cc1cccc(OC)c1)C(=O)CN(c1ccc(F)cc1)S(=O)(=O)N(C)C. The molecule has 2 amide bonds. The molecule has 0 fully saturated rings. The first-order valence-corrected chi connectivity index (χ1v) is 13.5. The van der Waals surface area contributed by atoms with Gasteiger partial charge in [0, 0.05) is 27.2 Å². The number of ether oxygens (including phenoxy) is 1. The average molecular weight is 537 g/mol. The summed E-state index contributed by atoms with van der Waals surface area (Å²) < 4.78 is 47.1. The Morgan fingerprint density at radius 1 is 1.08 bits per heavy atom. The van der Waals surface area contributed by atoms with Crippen molar-refractivity contribution in [2.24, 2.45) is 5.92 Å². The molecule has 0 aromatic heterocycles. The third kappa shape index (κ3) is 8.16. The van der Waals surface area contributed by atoms with Crippen LogP contribution in [0, 0.1) is 11.7 Å². The van der Waals surface area contributed by atoms with Crippen molar-refractivity contribution in [1.82, 2.24) is 14.5 Å². The Hall–Kier alpha value is -3.18. The van der Waals surface area contributed by atoms with Crippen molar-refractivity contribution in [3.8, 4) is 5.75 Å². The van der Waals surface area contributed by atoms with Gasteiger partial charge in [-0.15, -0.1) is 0 Å². The predicted molar refractivity (Wildman–Crippen MR) is 142 cm³/mol. The molecular formula is C26H37FN4O5S. The molecular weight excluding hydrogens is 499 g/mol. The molecule has 11 heteroatoms. The van der Waals surface area contributed by atoms with E-state index in [2.05, 4.69) is 5.32 Å². The molecule has 0 saturated carbocycles. The average Bonchev–Trinajstić information content (AvgIpc) is 2.86. The highest BCUT2D eigenvalue weighted by atomic mass is 32.2. The molecule has 37 heavy (non-hydrogen) atoms. The second kappa shape index (κ2) is 13.4. The molecule has 0 aliphatic carbocycles. The van der Waals surface area contributed by atoms with Gasteiger partial charge in [-0.05, 0) is 54.3 Å². The van der Waals surface area contributed by atoms with E-state index in [1.807, 2.05) is 13.8 Å². The highest BCUT2D eigenvalue weighted by Gasteiger charge is 2.33. The van der Waals surface area contributed by atoms with Crippen molar-refractivity contribution in [2.75, 3.05) is 38.6 Å². The summed E-state index contributed by atoms with van der Waals surface area (Å²) in [7, 11) is 0.107. The molecule has 0 radical (unpaired) electrons. The van der Waals surface area contributed by atoms with Gasteiger partial charge < -0.3 is 15.0 Å². The zero-order valence-electron chi connectivity index (χ0n) is 22.3. The largest absolute Gasteiger partial charge is 0.497 e. The van der Waals surface area contributed by atoms with Gasteiger partial charge in [-0.2, -0.15) is 12.7 Å². The van der Waals surface area contributed by atoms with Crippen molar-refractivity contribution >= 4 is 27.7 Å². The number of halogens is 1. The van der Waals surface area contributed by atoms with Crippen LogP contribution in [0.1, 0.15) is 32.8 Å². The molecule has 1 N–H and O–H groups in total. The topological polar surface area (TPSA) is 99.3 Å². The Morgan fingerprint density at radius 2 is 1.73 bits per heavy atom. The fourth-order valence-electron chi connectivity index (χ4n) is 3.63. The minimum atomic E-state index is -4.11. The highest BCUT2D eigenvalue weighted by Crippen LogP contribution is 2.22. The van der Waals surface area contributed by atoms with E-state index in [0.717, 1.165) is 20.7 Å². The monoisotopic (exact) mass is 536 g/mol. The second-order valence-corrected chi connectivity index (χ2v) is 11.3. The number of carbonyl (C=O) groups excluding carboxylic acids is 2. The second-order valence-electron chi connectivity index (χ2n) is 9.21. The lowest BCUT2D eigenvalue weighted by Gasteiger charge is -2.34. The molecule has 1 atom stereocenters. The number of hydrogen-bond acceptors (Lipinski definition) is 5. The van der Waals surface area contributed by atoms with Crippen LogP contribution in [0.3, 0.4) is 0 Å². The zero-order valence-corrected chi connectivity index (χ0v) is 23.1. The van der Waals surface area contributed by atoms with Crippen LogP contribution >= 0.6 is 0 Å². The van der Waals surface area contributed by atoms with Gasteiger partial charge in [-0.1, -0.05) is 32.9 Å². The van der Waals surface area contributed by atoms with Gasteiger partial charge in [0.2, 0.25) is 11.8 Å². The van der Waals surface area contributed by atoms with E-state index in [-0.39, 0.29) is 24.1 Å². The quantitative estimate of drug-likeness (QED) is 0.424. The molecule has 0 saturated heterocycles. The molecule has 2 rings (SSSR count). The van der Waals surface area contributed by atoms with E-state index >= 15 is 0 Å². The number of anilines is 1. The number of nitrogens with zero attached hydrogens (tertiary/aromatic N) is 3. The van der Waals surface area contributed by atoms with Crippen molar-refractivity contribution < 1.29 is 27.1 Å². The van der Waals surface area contributed by atoms with Gasteiger partial charge >= 0.3 is 10.2 Å². The summed E-state index contributed by atoms with van der Waals surface area (Å²) in [6.45, 7) is 5.64. The van der Waals surface area contributed by atoms with Crippen LogP contribution in [0.2, 0.25) is 0 Å². The summed E-state index contributed by atoms with van der Waals surface area (Å²) >= 11 is 0. The highest BCUT2D eigenvalue weighted by molar-refractivity contribution is 7.90. The number of rotatable bonds is 13. The van der Waals surface area contributed by atoms with Crippen molar-refractivity contribution in [3.05, 3.63) is 59.9 Å². The first-order chi connectivity index (χ1) is 17.4. The molecule has 0 heterocycles. The first kappa shape index (κ1) is 30.0. The first-order valence-electron chi connectivity index (χ1n) is 12.1. The lowest BCUT2D eigenvalue weighted by Crippen LogP contribution is -2.53. The molecule has 0 aliphatic heterocycles. The van der Waals surface area contributed by atoms with Gasteiger partial charge in [0.1, 0.15) is 24.2 Å². The number of hydrogen-bond donors (Lipinski definition) is 1. The summed E-state index contributed by atoms with van der Waals surface area (Å²) in [6, 6.07) is 11.1. The maximum absolute atomic E-state index is 13.8. The maximum atomic E-state index is 13.8. The van der Waals surface area contributed by atoms with Gasteiger partial charge in [0.15, 0.2) is 0 Å². The normalized spacial score (nSPS) is 12.4. The van der Waals surface area contributed by atoms with Crippen LogP contribution in [0.4, 0.5) is 10.1 Å². The summed E-state index contributed by atoms with van der Waals surface area (Å²) in [6.07, 6.45) is 0.316. The summed E-state index contributed by atoms with van der Waals surface area (Å²) in [5.41, 5.74) is 0.841. The molecule has 0 spiro atoms. The third-order valence-corrected chi connectivity index (χ3v) is 7.51. The molecule has 2 aromatic rings. The van der Waals surface area contributed by atoms with Gasteiger partial charge in [-0.25, -0.2) is 8.70 Å². The minimum Gasteiger partial charge on any atom is -0.497 e. The fourth-order valence-corrected chi connectivity index (χ4v) is 4.69. The van der Waals surface area contributed by atoms with E-state index in [9.17, 15) is 22.4 Å². The Bertz CT molecular complexity index is 1160. The molecule has 0 aliphatic rings. The smallest absolute Gasteiger partial charge is 0.304 e. The molecule has 0 unspecified atom stereocenters. The Labute approximate surface area is 219 Å². The number of benzene rings is 2. The lowest BCUT2D eigenvalue weighted by atomic mass is 10.1. The van der Waals surface area contributed by atoms with Crippen LogP contribution in [0.5, 0.6) is 5.75 Å². The van der Waals surface area contributed by atoms with Crippen LogP contribution in [0.15, 0.2) is 48.5 Å². The van der Waals surface area contributed by atoms with Crippen molar-refractivity contribution in [3.63, 3.8) is 0 Å². The minimum absolute atomic E-state index is 0.0584. The van der Waals surface area contributed by atoms with Gasteiger partial charge in [0.25, 0.3) is 0 Å². The maximum Gasteiger partial charge on any atom is 0.304 e. The van der Waals surface area contributed by atoms with E-state index in [0.29, 0.717) is 24.3 Å². The zero-order chi connectivity index (χ0) is 27.8. The number of amides is 2. The fraction of sp³-hybridized carbons (Fsp3) is 0.462. The number of carbonyl (C=O) groups is 2. The predicted octanol–water partition coefficient (Wildman–Crippen LogP) is 3.03. The third-order valence-electron chi connectivity index (χ3n) is 5.69. The molecule has 204 valence electrons. The number of methoxy groups -OCH3 is 1. The van der Waals surface area contributed by atoms with E-state index in [1.165, 1.54) is 38.2 Å². The van der Waals surface area contributed by atoms with Crippen LogP contribution in [0.25, 0.3) is 0 Å². The van der Waals surface area contributed by atoms with Gasteiger partial charge in [-0.3, -0.25) is 9.59 Å². The Morgan fingerprint density at radius 3 is 2.27 bits per heavy atom. The standard InChI is InChI=1S/C26H37FN4O5S/c1-7-24(26(33)28-16-19(2)3)30(17-20-9-8-10-23(15-20)36-6)25(32)18-31(37(34,35)29(4)5)22-13-11-21(27)12-14-22/h8-15,19,24H,7,16-18H2,1-6H3,(H,28,33)/t24-/m0/s1. The molecule has 9 nitrogen and oxygen atoms in total. The molecule has 2 aromatic carbocycles. The van der Waals surface area contributed by atoms with Crippen molar-refractivity contribution in [2.45, 2.75) is 39.8 Å². The van der Waals surface area contributed by atoms with Crippen LogP contribution in [-0.4, -0.2) is 69.8 Å². The summed E-state index contributed by atoms with van der Waals surface area (Å²) in [4.78, 5) is 28.3. The summed E-state index contributed by atoms with van der Waals surface area (Å²) in [5.74, 6) is -0.640. The summed E-state index contributed by atoms with van der Waals surface area (Å²) in [5, 5.41) is 2.88. The van der Waals surface area contributed by atoms with Crippen LogP contribution in [-0.2, 0) is 26.3 Å². The van der Waals surface area contributed by atoms with E-state index in [1.54, 1.807) is 31.2 Å². The number of nitrogens with one attached hydrogen (secondary N) is 1. The van der Waals surface area contributed by atoms with Crippen LogP contribution < -0.4 is 14.4 Å². The molecule has 0 bridgehead atoms. The van der Waals surface area contributed by atoms with E-state index in [4.69, 9.17) is 4.74 Å². The van der Waals surface area contributed by atoms with Gasteiger partial charge in [0.05, 0.1) is 12.8 Å². The Balaban J connectivity index is 2.49. The van der Waals surface area contributed by atoms with Crippen molar-refractivity contribution in [1.29, 1.82) is 0 Å². The Kier molecular flexibility index (Phi) is 10.9. The lowest BCUT2D eigenvalue weighted by molar-refractivity contribution is -0.140. The van der Waals surface area contributed by atoms with E-state index < -0.39 is 34.5 Å².